The normalized spacial score (nSPS) is 10.7. The molecule has 0 unspecified atom stereocenters. The van der Waals surface area contributed by atoms with Gasteiger partial charge in [0.25, 0.3) is 5.91 Å². The number of hydrogen-bond donors (Lipinski definition) is 1. The molecule has 1 N–H and O–H groups in total. The maximum Gasteiger partial charge on any atom is 0.252 e. The maximum atomic E-state index is 12.3. The molecular weight excluding hydrogens is 464 g/mol. The molecule has 146 valence electrons. The van der Waals surface area contributed by atoms with Crippen molar-refractivity contribution in [3.05, 3.63) is 69.4 Å². The first-order valence-corrected chi connectivity index (χ1v) is 10.6. The van der Waals surface area contributed by atoms with E-state index in [0.29, 0.717) is 29.6 Å². The fourth-order valence-electron chi connectivity index (χ4n) is 2.35. The second-order valence-electron chi connectivity index (χ2n) is 5.77. The molecule has 9 heteroatoms. The SMILES string of the molecule is Cn1c(CNC(=O)c2ccccc2Br)nnc1SCCOc1ccc(Cl)cc1. The Hall–Kier alpha value is -2.03. The summed E-state index contributed by atoms with van der Waals surface area (Å²) in [7, 11) is 1.88. The minimum Gasteiger partial charge on any atom is -0.493 e. The van der Waals surface area contributed by atoms with E-state index in [1.807, 2.05) is 41.9 Å². The molecule has 0 radical (unpaired) electrons. The molecule has 0 saturated carbocycles. The Morgan fingerprint density at radius 2 is 1.96 bits per heavy atom. The van der Waals surface area contributed by atoms with E-state index >= 15 is 0 Å². The quantitative estimate of drug-likeness (QED) is 0.383. The lowest BCUT2D eigenvalue weighted by Crippen LogP contribution is -2.24. The first kappa shape index (κ1) is 20.7. The van der Waals surface area contributed by atoms with Gasteiger partial charge in [-0.1, -0.05) is 35.5 Å². The highest BCUT2D eigenvalue weighted by Crippen LogP contribution is 2.19. The van der Waals surface area contributed by atoms with Crippen LogP contribution in [0.4, 0.5) is 0 Å². The molecular formula is C19H18BrClN4O2S. The molecule has 0 aliphatic carbocycles. The molecule has 3 aromatic rings. The van der Waals surface area contributed by atoms with Gasteiger partial charge in [0.15, 0.2) is 11.0 Å². The summed E-state index contributed by atoms with van der Waals surface area (Å²) in [5, 5.41) is 12.7. The molecule has 0 spiro atoms. The zero-order valence-corrected chi connectivity index (χ0v) is 18.2. The minimum absolute atomic E-state index is 0.166. The lowest BCUT2D eigenvalue weighted by atomic mass is 10.2. The third kappa shape index (κ3) is 5.50. The number of nitrogens with one attached hydrogen (secondary N) is 1. The third-order valence-electron chi connectivity index (χ3n) is 3.85. The second kappa shape index (κ2) is 9.95. The van der Waals surface area contributed by atoms with Crippen LogP contribution in [0.15, 0.2) is 58.2 Å². The van der Waals surface area contributed by atoms with E-state index in [9.17, 15) is 4.79 Å². The van der Waals surface area contributed by atoms with Gasteiger partial charge in [0, 0.05) is 22.3 Å². The van der Waals surface area contributed by atoms with E-state index in [4.69, 9.17) is 16.3 Å². The number of amides is 1. The van der Waals surface area contributed by atoms with Crippen LogP contribution in [0, 0.1) is 0 Å². The molecule has 1 heterocycles. The van der Waals surface area contributed by atoms with Crippen molar-refractivity contribution >= 4 is 45.2 Å². The van der Waals surface area contributed by atoms with E-state index < -0.39 is 0 Å². The zero-order chi connectivity index (χ0) is 19.9. The molecule has 0 fully saturated rings. The number of aromatic nitrogens is 3. The molecule has 0 aliphatic rings. The van der Waals surface area contributed by atoms with Crippen molar-refractivity contribution in [2.75, 3.05) is 12.4 Å². The lowest BCUT2D eigenvalue weighted by Gasteiger charge is -2.08. The average Bonchev–Trinajstić information content (AvgIpc) is 3.05. The topological polar surface area (TPSA) is 69.0 Å². The Labute approximate surface area is 180 Å². The number of benzene rings is 2. The monoisotopic (exact) mass is 480 g/mol. The Balaban J connectivity index is 1.47. The number of halogens is 2. The summed E-state index contributed by atoms with van der Waals surface area (Å²) in [5.74, 6) is 2.01. The summed E-state index contributed by atoms with van der Waals surface area (Å²) in [6, 6.07) is 14.5. The fourth-order valence-corrected chi connectivity index (χ4v) is 3.69. The summed E-state index contributed by atoms with van der Waals surface area (Å²) < 4.78 is 8.29. The predicted molar refractivity (Wildman–Crippen MR) is 114 cm³/mol. The van der Waals surface area contributed by atoms with E-state index in [1.54, 1.807) is 30.0 Å². The van der Waals surface area contributed by atoms with Gasteiger partial charge in [-0.2, -0.15) is 0 Å². The summed E-state index contributed by atoms with van der Waals surface area (Å²) >= 11 is 10.8. The fraction of sp³-hybridized carbons (Fsp3) is 0.211. The maximum absolute atomic E-state index is 12.3. The van der Waals surface area contributed by atoms with Gasteiger partial charge >= 0.3 is 0 Å². The Kier molecular flexibility index (Phi) is 7.36. The molecule has 0 bridgehead atoms. The van der Waals surface area contributed by atoms with Crippen molar-refractivity contribution in [2.45, 2.75) is 11.7 Å². The molecule has 3 rings (SSSR count). The number of thioether (sulfide) groups is 1. The molecule has 0 aliphatic heterocycles. The van der Waals surface area contributed by atoms with Crippen LogP contribution in [0.3, 0.4) is 0 Å². The number of carbonyl (C=O) groups excluding carboxylic acids is 1. The van der Waals surface area contributed by atoms with Crippen LogP contribution in [0.2, 0.25) is 5.02 Å². The minimum atomic E-state index is -0.166. The standard InChI is InChI=1S/C19H18BrClN4O2S/c1-25-17(12-22-18(26)15-4-2-3-5-16(15)20)23-24-19(25)28-11-10-27-14-8-6-13(21)7-9-14/h2-9H,10-12H2,1H3,(H,22,26). The van der Waals surface area contributed by atoms with Crippen molar-refractivity contribution < 1.29 is 9.53 Å². The molecule has 0 atom stereocenters. The molecule has 1 amide bonds. The summed E-state index contributed by atoms with van der Waals surface area (Å²) in [6.07, 6.45) is 0. The molecule has 0 saturated heterocycles. The van der Waals surface area contributed by atoms with Gasteiger partial charge in [-0.15, -0.1) is 10.2 Å². The predicted octanol–water partition coefficient (Wildman–Crippen LogP) is 4.33. The van der Waals surface area contributed by atoms with Crippen LogP contribution in [-0.2, 0) is 13.6 Å². The van der Waals surface area contributed by atoms with Crippen LogP contribution >= 0.6 is 39.3 Å². The Bertz CT molecular complexity index is 949. The van der Waals surface area contributed by atoms with Crippen LogP contribution in [0.25, 0.3) is 0 Å². The summed E-state index contributed by atoms with van der Waals surface area (Å²) in [5.41, 5.74) is 0.582. The van der Waals surface area contributed by atoms with Crippen LogP contribution in [0.1, 0.15) is 16.2 Å². The highest BCUT2D eigenvalue weighted by atomic mass is 79.9. The Morgan fingerprint density at radius 3 is 2.71 bits per heavy atom. The summed E-state index contributed by atoms with van der Waals surface area (Å²) in [6.45, 7) is 0.832. The molecule has 1 aromatic heterocycles. The van der Waals surface area contributed by atoms with Crippen molar-refractivity contribution in [1.82, 2.24) is 20.1 Å². The van der Waals surface area contributed by atoms with Gasteiger partial charge in [-0.25, -0.2) is 0 Å². The first-order chi connectivity index (χ1) is 13.5. The average molecular weight is 482 g/mol. The van der Waals surface area contributed by atoms with E-state index in [-0.39, 0.29) is 5.91 Å². The molecule has 2 aromatic carbocycles. The van der Waals surface area contributed by atoms with Gasteiger partial charge in [0.2, 0.25) is 0 Å². The van der Waals surface area contributed by atoms with E-state index in [1.165, 1.54) is 0 Å². The van der Waals surface area contributed by atoms with Crippen LogP contribution in [-0.4, -0.2) is 33.0 Å². The number of nitrogens with zero attached hydrogens (tertiary/aromatic N) is 3. The third-order valence-corrected chi connectivity index (χ3v) is 5.78. The van der Waals surface area contributed by atoms with Crippen molar-refractivity contribution in [2.24, 2.45) is 7.05 Å². The van der Waals surface area contributed by atoms with E-state index in [2.05, 4.69) is 31.4 Å². The first-order valence-electron chi connectivity index (χ1n) is 8.47. The number of rotatable bonds is 8. The lowest BCUT2D eigenvalue weighted by molar-refractivity contribution is 0.0948. The largest absolute Gasteiger partial charge is 0.493 e. The van der Waals surface area contributed by atoms with Crippen LogP contribution < -0.4 is 10.1 Å². The van der Waals surface area contributed by atoms with Gasteiger partial charge in [0.1, 0.15) is 5.75 Å². The van der Waals surface area contributed by atoms with Crippen molar-refractivity contribution in [1.29, 1.82) is 0 Å². The van der Waals surface area contributed by atoms with Gasteiger partial charge < -0.3 is 14.6 Å². The second-order valence-corrected chi connectivity index (χ2v) is 8.12. The van der Waals surface area contributed by atoms with Crippen molar-refractivity contribution in [3.8, 4) is 5.75 Å². The number of hydrogen-bond acceptors (Lipinski definition) is 5. The van der Waals surface area contributed by atoms with Crippen LogP contribution in [0.5, 0.6) is 5.75 Å². The van der Waals surface area contributed by atoms with Gasteiger partial charge in [-0.05, 0) is 52.3 Å². The van der Waals surface area contributed by atoms with Crippen molar-refractivity contribution in [3.63, 3.8) is 0 Å². The van der Waals surface area contributed by atoms with E-state index in [0.717, 1.165) is 21.1 Å². The molecule has 28 heavy (non-hydrogen) atoms. The number of ether oxygens (including phenoxy) is 1. The smallest absolute Gasteiger partial charge is 0.252 e. The van der Waals surface area contributed by atoms with Gasteiger partial charge in [-0.3, -0.25) is 4.79 Å². The highest BCUT2D eigenvalue weighted by Gasteiger charge is 2.13. The molecule has 6 nitrogen and oxygen atoms in total. The van der Waals surface area contributed by atoms with Gasteiger partial charge in [0.05, 0.1) is 18.7 Å². The summed E-state index contributed by atoms with van der Waals surface area (Å²) in [4.78, 5) is 12.3. The zero-order valence-electron chi connectivity index (χ0n) is 15.1. The number of carbonyl (C=O) groups is 1. The Morgan fingerprint density at radius 1 is 1.21 bits per heavy atom. The highest BCUT2D eigenvalue weighted by molar-refractivity contribution is 9.10.